The van der Waals surface area contributed by atoms with Crippen LogP contribution in [0.15, 0.2) is 71.3 Å². The lowest BCUT2D eigenvalue weighted by molar-refractivity contribution is -0.124. The summed E-state index contributed by atoms with van der Waals surface area (Å²) in [5, 5.41) is 2.92. The molecule has 0 saturated carbocycles. The zero-order valence-corrected chi connectivity index (χ0v) is 15.7. The second-order valence-electron chi connectivity index (χ2n) is 6.15. The molecule has 1 aromatic heterocycles. The van der Waals surface area contributed by atoms with Gasteiger partial charge in [-0.05, 0) is 36.2 Å². The average Bonchev–Trinajstić information content (AvgIpc) is 3.17. The number of carbonyl (C=O) groups excluding carboxylic acids is 2. The highest BCUT2D eigenvalue weighted by Crippen LogP contribution is 2.24. The Labute approximate surface area is 163 Å². The Hall–Kier alpha value is -3.54. The highest BCUT2D eigenvalue weighted by atomic mass is 16.5. The van der Waals surface area contributed by atoms with E-state index in [0.717, 1.165) is 16.9 Å². The van der Waals surface area contributed by atoms with Crippen LogP contribution in [0, 0.1) is 6.92 Å². The summed E-state index contributed by atoms with van der Waals surface area (Å²) in [6, 6.07) is 18.1. The first-order chi connectivity index (χ1) is 13.6. The Morgan fingerprint density at radius 3 is 2.29 bits per heavy atom. The monoisotopic (exact) mass is 379 g/mol. The molecule has 2 aromatic carbocycles. The molecule has 1 N–H and O–H groups in total. The third kappa shape index (κ3) is 4.59. The minimum atomic E-state index is -0.595. The number of hydrogen-bond acceptors (Lipinski definition) is 5. The lowest BCUT2D eigenvalue weighted by Crippen LogP contribution is -2.33. The van der Waals surface area contributed by atoms with Crippen LogP contribution in [-0.2, 0) is 9.53 Å². The predicted molar refractivity (Wildman–Crippen MR) is 103 cm³/mol. The third-order valence-corrected chi connectivity index (χ3v) is 4.30. The minimum Gasteiger partial charge on any atom is -0.497 e. The van der Waals surface area contributed by atoms with Crippen molar-refractivity contribution in [1.29, 1.82) is 0 Å². The average molecular weight is 379 g/mol. The molecule has 6 nitrogen and oxygen atoms in total. The number of carbonyl (C=O) groups is 2. The van der Waals surface area contributed by atoms with E-state index in [9.17, 15) is 9.59 Å². The normalized spacial score (nSPS) is 11.5. The van der Waals surface area contributed by atoms with Gasteiger partial charge >= 0.3 is 5.97 Å². The van der Waals surface area contributed by atoms with Crippen molar-refractivity contribution in [2.75, 3.05) is 13.7 Å². The van der Waals surface area contributed by atoms with Crippen LogP contribution in [0.4, 0.5) is 0 Å². The van der Waals surface area contributed by atoms with Crippen LogP contribution in [0.3, 0.4) is 0 Å². The number of furan rings is 1. The number of ether oxygens (including phenoxy) is 2. The molecule has 0 aliphatic rings. The maximum atomic E-state index is 12.4. The molecular weight excluding hydrogens is 358 g/mol. The van der Waals surface area contributed by atoms with Crippen LogP contribution >= 0.6 is 0 Å². The van der Waals surface area contributed by atoms with Crippen molar-refractivity contribution in [1.82, 2.24) is 5.32 Å². The highest BCUT2D eigenvalue weighted by Gasteiger charge is 2.19. The number of aryl methyl sites for hydroxylation is 1. The number of esters is 1. The summed E-state index contributed by atoms with van der Waals surface area (Å²) in [7, 11) is 1.60. The van der Waals surface area contributed by atoms with E-state index in [2.05, 4.69) is 5.32 Å². The minimum absolute atomic E-state index is 0.308. The second kappa shape index (κ2) is 8.90. The molecule has 1 atom stereocenters. The molecule has 0 aliphatic carbocycles. The number of benzene rings is 2. The van der Waals surface area contributed by atoms with Gasteiger partial charge in [0.15, 0.2) is 6.61 Å². The number of nitrogens with one attached hydrogen (secondary N) is 1. The van der Waals surface area contributed by atoms with Crippen molar-refractivity contribution in [3.05, 3.63) is 89.4 Å². The molecule has 0 bridgehead atoms. The lowest BCUT2D eigenvalue weighted by Gasteiger charge is -2.20. The van der Waals surface area contributed by atoms with Crippen molar-refractivity contribution in [3.8, 4) is 5.75 Å². The topological polar surface area (TPSA) is 77.8 Å². The first kappa shape index (κ1) is 19.2. The van der Waals surface area contributed by atoms with Gasteiger partial charge < -0.3 is 19.2 Å². The molecule has 1 heterocycles. The lowest BCUT2D eigenvalue weighted by atomic mass is 9.98. The van der Waals surface area contributed by atoms with Gasteiger partial charge in [-0.3, -0.25) is 4.79 Å². The van der Waals surface area contributed by atoms with E-state index in [-0.39, 0.29) is 12.6 Å². The van der Waals surface area contributed by atoms with Crippen molar-refractivity contribution in [2.24, 2.45) is 0 Å². The molecule has 3 rings (SSSR count). The largest absolute Gasteiger partial charge is 0.497 e. The van der Waals surface area contributed by atoms with Gasteiger partial charge in [0.2, 0.25) is 0 Å². The van der Waals surface area contributed by atoms with Gasteiger partial charge in [0.05, 0.1) is 19.4 Å². The second-order valence-corrected chi connectivity index (χ2v) is 6.15. The van der Waals surface area contributed by atoms with Crippen LogP contribution in [0.5, 0.6) is 5.75 Å². The third-order valence-electron chi connectivity index (χ3n) is 4.30. The van der Waals surface area contributed by atoms with Gasteiger partial charge in [-0.15, -0.1) is 0 Å². The van der Waals surface area contributed by atoms with Crippen LogP contribution in [0.1, 0.15) is 33.3 Å². The van der Waals surface area contributed by atoms with Crippen molar-refractivity contribution >= 4 is 11.9 Å². The summed E-state index contributed by atoms with van der Waals surface area (Å²) < 4.78 is 15.4. The van der Waals surface area contributed by atoms with Crippen LogP contribution in [0.25, 0.3) is 0 Å². The van der Waals surface area contributed by atoms with Gasteiger partial charge in [-0.2, -0.15) is 0 Å². The number of amides is 1. The molecule has 0 fully saturated rings. The van der Waals surface area contributed by atoms with Gasteiger partial charge in [0.25, 0.3) is 5.91 Å². The molecule has 0 saturated heterocycles. The SMILES string of the molecule is COc1ccc([C@H](NC(=O)COC(=O)c2ccoc2C)c2ccccc2)cc1. The molecule has 28 heavy (non-hydrogen) atoms. The summed E-state index contributed by atoms with van der Waals surface area (Å²) in [4.78, 5) is 24.5. The van der Waals surface area contributed by atoms with E-state index >= 15 is 0 Å². The van der Waals surface area contributed by atoms with Gasteiger partial charge in [-0.1, -0.05) is 42.5 Å². The fourth-order valence-corrected chi connectivity index (χ4v) is 2.81. The van der Waals surface area contributed by atoms with Crippen LogP contribution in [0.2, 0.25) is 0 Å². The van der Waals surface area contributed by atoms with E-state index in [1.165, 1.54) is 12.3 Å². The molecule has 3 aromatic rings. The van der Waals surface area contributed by atoms with E-state index in [1.54, 1.807) is 14.0 Å². The Morgan fingerprint density at radius 2 is 1.68 bits per heavy atom. The summed E-state index contributed by atoms with van der Waals surface area (Å²) in [5.41, 5.74) is 2.11. The van der Waals surface area contributed by atoms with Crippen LogP contribution in [-0.4, -0.2) is 25.6 Å². The molecule has 0 aliphatic heterocycles. The summed E-state index contributed by atoms with van der Waals surface area (Å²) in [6.07, 6.45) is 1.40. The first-order valence-corrected chi connectivity index (χ1v) is 8.78. The van der Waals surface area contributed by atoms with Gasteiger partial charge in [0, 0.05) is 0 Å². The van der Waals surface area contributed by atoms with E-state index in [4.69, 9.17) is 13.9 Å². The van der Waals surface area contributed by atoms with E-state index in [0.29, 0.717) is 11.3 Å². The van der Waals surface area contributed by atoms with Crippen molar-refractivity contribution < 1.29 is 23.5 Å². The fourth-order valence-electron chi connectivity index (χ4n) is 2.81. The molecule has 144 valence electrons. The zero-order chi connectivity index (χ0) is 19.9. The molecule has 1 amide bonds. The standard InChI is InChI=1S/C22H21NO5/c1-15-19(12-13-27-15)22(25)28-14-20(24)23-21(16-6-4-3-5-7-16)17-8-10-18(26-2)11-9-17/h3-13,21H,14H2,1-2H3,(H,23,24)/t21-/m1/s1. The quantitative estimate of drug-likeness (QED) is 0.634. The van der Waals surface area contributed by atoms with Crippen LogP contribution < -0.4 is 10.1 Å². The van der Waals surface area contributed by atoms with Gasteiger partial charge in [0.1, 0.15) is 17.1 Å². The van der Waals surface area contributed by atoms with E-state index < -0.39 is 11.9 Å². The smallest absolute Gasteiger partial charge is 0.342 e. The van der Waals surface area contributed by atoms with Gasteiger partial charge in [-0.25, -0.2) is 4.79 Å². The Kier molecular flexibility index (Phi) is 6.11. The first-order valence-electron chi connectivity index (χ1n) is 8.78. The van der Waals surface area contributed by atoms with Crippen molar-refractivity contribution in [3.63, 3.8) is 0 Å². The summed E-state index contributed by atoms with van der Waals surface area (Å²) in [5.74, 6) is 0.179. The molecule has 0 radical (unpaired) electrons. The molecular formula is C22H21NO5. The molecule has 6 heteroatoms. The Bertz CT molecular complexity index is 931. The summed E-state index contributed by atoms with van der Waals surface area (Å²) in [6.45, 7) is 1.27. The molecule has 0 spiro atoms. The van der Waals surface area contributed by atoms with E-state index in [1.807, 2.05) is 54.6 Å². The summed E-state index contributed by atoms with van der Waals surface area (Å²) >= 11 is 0. The Balaban J connectivity index is 1.71. The number of rotatable bonds is 7. The predicted octanol–water partition coefficient (Wildman–Crippen LogP) is 3.66. The number of methoxy groups -OCH3 is 1. The fraction of sp³-hybridized carbons (Fsp3) is 0.182. The number of hydrogen-bond donors (Lipinski definition) is 1. The highest BCUT2D eigenvalue weighted by molar-refractivity contribution is 5.92. The van der Waals surface area contributed by atoms with Crippen molar-refractivity contribution in [2.45, 2.75) is 13.0 Å². The Morgan fingerprint density at radius 1 is 1.00 bits per heavy atom. The maximum Gasteiger partial charge on any atom is 0.342 e. The zero-order valence-electron chi connectivity index (χ0n) is 15.7. The maximum absolute atomic E-state index is 12.4. The molecule has 0 unspecified atom stereocenters.